The van der Waals surface area contributed by atoms with Gasteiger partial charge in [0, 0.05) is 6.54 Å². The zero-order chi connectivity index (χ0) is 8.69. The summed E-state index contributed by atoms with van der Waals surface area (Å²) in [7, 11) is 0. The van der Waals surface area contributed by atoms with Gasteiger partial charge in [0.2, 0.25) is 0 Å². The molecule has 0 aliphatic rings. The molecular formula is C8H17FN2. The van der Waals surface area contributed by atoms with E-state index in [4.69, 9.17) is 0 Å². The summed E-state index contributed by atoms with van der Waals surface area (Å²) >= 11 is 0. The van der Waals surface area contributed by atoms with Gasteiger partial charge in [0.1, 0.15) is 0 Å². The molecule has 0 amide bonds. The normalized spacial score (nSPS) is 12.7. The molecule has 1 unspecified atom stereocenters. The zero-order valence-electron chi connectivity index (χ0n) is 7.45. The summed E-state index contributed by atoms with van der Waals surface area (Å²) in [5.41, 5.74) is 6.54. The lowest BCUT2D eigenvalue weighted by molar-refractivity contribution is 0.265. The molecule has 2 nitrogen and oxygen atoms in total. The first-order chi connectivity index (χ1) is 5.13. The molecule has 0 bridgehead atoms. The molecule has 0 radical (unpaired) electrons. The van der Waals surface area contributed by atoms with E-state index in [1.165, 1.54) is 12.5 Å². The molecule has 0 aromatic heterocycles. The van der Waals surface area contributed by atoms with E-state index in [1.807, 2.05) is 13.8 Å². The van der Waals surface area contributed by atoms with Gasteiger partial charge < -0.3 is 0 Å². The van der Waals surface area contributed by atoms with Gasteiger partial charge in [-0.15, -0.1) is 0 Å². The van der Waals surface area contributed by atoms with Crippen LogP contribution in [0.1, 0.15) is 27.2 Å². The van der Waals surface area contributed by atoms with E-state index in [9.17, 15) is 4.39 Å². The largest absolute Gasteiger partial charge is 0.255 e. The van der Waals surface area contributed by atoms with Crippen LogP contribution in [0.3, 0.4) is 0 Å². The highest BCUT2D eigenvalue weighted by atomic mass is 19.1. The average Bonchev–Trinajstić information content (AvgIpc) is 1.85. The van der Waals surface area contributed by atoms with E-state index in [0.717, 1.165) is 13.0 Å². The fourth-order valence-electron chi connectivity index (χ4n) is 0.646. The van der Waals surface area contributed by atoms with Crippen LogP contribution >= 0.6 is 0 Å². The van der Waals surface area contributed by atoms with Crippen LogP contribution in [0.5, 0.6) is 0 Å². The second-order valence-electron chi connectivity index (χ2n) is 2.76. The van der Waals surface area contributed by atoms with Crippen LogP contribution in [0, 0.1) is 0 Å². The molecule has 0 heterocycles. The van der Waals surface area contributed by atoms with Crippen LogP contribution in [0.15, 0.2) is 11.6 Å². The number of hydrogen-bond acceptors (Lipinski definition) is 2. The summed E-state index contributed by atoms with van der Waals surface area (Å²) in [6.45, 7) is 6.31. The van der Waals surface area contributed by atoms with Crippen molar-refractivity contribution < 1.29 is 4.39 Å². The Morgan fingerprint density at radius 2 is 2.18 bits per heavy atom. The van der Waals surface area contributed by atoms with Gasteiger partial charge in [-0.25, -0.2) is 9.82 Å². The van der Waals surface area contributed by atoms with E-state index < -0.39 is 6.30 Å². The Labute approximate surface area is 67.8 Å². The van der Waals surface area contributed by atoms with Gasteiger partial charge in [-0.1, -0.05) is 11.6 Å². The zero-order valence-corrected chi connectivity index (χ0v) is 7.45. The molecular weight excluding hydrogens is 143 g/mol. The van der Waals surface area contributed by atoms with Gasteiger partial charge in [0.05, 0.1) is 0 Å². The van der Waals surface area contributed by atoms with E-state index in [2.05, 4.69) is 16.9 Å². The Bertz CT molecular complexity index is 117. The first kappa shape index (κ1) is 10.6. The summed E-state index contributed by atoms with van der Waals surface area (Å²) in [4.78, 5) is 0. The van der Waals surface area contributed by atoms with E-state index >= 15 is 0 Å². The van der Waals surface area contributed by atoms with Gasteiger partial charge in [-0.3, -0.25) is 5.43 Å². The molecule has 0 aliphatic carbocycles. The third-order valence-electron chi connectivity index (χ3n) is 1.12. The standard InChI is InChI=1S/C8H17FN2/c1-7(2)5-4-6-10-11-8(3)9/h5,8,10-11H,4,6H2,1-3H3. The second-order valence-corrected chi connectivity index (χ2v) is 2.76. The van der Waals surface area contributed by atoms with Crippen molar-refractivity contribution in [2.45, 2.75) is 33.5 Å². The van der Waals surface area contributed by atoms with Crippen LogP contribution in [-0.2, 0) is 0 Å². The maximum Gasteiger partial charge on any atom is 0.160 e. The SMILES string of the molecule is CC(C)=CCCNNC(C)F. The predicted octanol–water partition coefficient (Wildman–Crippen LogP) is 1.75. The lowest BCUT2D eigenvalue weighted by Crippen LogP contribution is -2.36. The van der Waals surface area contributed by atoms with Crippen molar-refractivity contribution in [2.24, 2.45) is 0 Å². The topological polar surface area (TPSA) is 24.1 Å². The highest BCUT2D eigenvalue weighted by Gasteiger charge is 1.91. The van der Waals surface area contributed by atoms with E-state index in [0.29, 0.717) is 0 Å². The van der Waals surface area contributed by atoms with Crippen LogP contribution in [0.2, 0.25) is 0 Å². The summed E-state index contributed by atoms with van der Waals surface area (Å²) in [5, 5.41) is 0. The predicted molar refractivity (Wildman–Crippen MR) is 45.8 cm³/mol. The van der Waals surface area contributed by atoms with E-state index in [-0.39, 0.29) is 0 Å². The third kappa shape index (κ3) is 9.59. The minimum absolute atomic E-state index is 0.763. The number of nitrogens with one attached hydrogen (secondary N) is 2. The Morgan fingerprint density at radius 1 is 1.55 bits per heavy atom. The lowest BCUT2D eigenvalue weighted by atomic mass is 10.3. The number of hydrazine groups is 1. The summed E-state index contributed by atoms with van der Waals surface area (Å²) in [6, 6.07) is 0. The number of alkyl halides is 1. The second kappa shape index (κ2) is 6.31. The summed E-state index contributed by atoms with van der Waals surface area (Å²) in [5.74, 6) is 0. The first-order valence-corrected chi connectivity index (χ1v) is 3.88. The number of rotatable bonds is 5. The van der Waals surface area contributed by atoms with Crippen LogP contribution in [0.25, 0.3) is 0 Å². The van der Waals surface area contributed by atoms with Crippen LogP contribution in [0.4, 0.5) is 4.39 Å². The quantitative estimate of drug-likeness (QED) is 0.277. The van der Waals surface area contributed by atoms with Gasteiger partial charge >= 0.3 is 0 Å². The molecule has 11 heavy (non-hydrogen) atoms. The van der Waals surface area contributed by atoms with Gasteiger partial charge in [0.15, 0.2) is 6.30 Å². The maximum atomic E-state index is 12.1. The maximum absolute atomic E-state index is 12.1. The van der Waals surface area contributed by atoms with Crippen molar-refractivity contribution in [2.75, 3.05) is 6.54 Å². The number of hydrogen-bond donors (Lipinski definition) is 2. The number of allylic oxidation sites excluding steroid dienone is 1. The summed E-state index contributed by atoms with van der Waals surface area (Å²) < 4.78 is 12.1. The highest BCUT2D eigenvalue weighted by Crippen LogP contribution is 1.90. The Hall–Kier alpha value is -0.410. The third-order valence-corrected chi connectivity index (χ3v) is 1.12. The fourth-order valence-corrected chi connectivity index (χ4v) is 0.646. The minimum Gasteiger partial charge on any atom is -0.255 e. The molecule has 2 N–H and O–H groups in total. The molecule has 0 saturated heterocycles. The molecule has 0 fully saturated rings. The molecule has 0 aromatic rings. The molecule has 0 spiro atoms. The van der Waals surface area contributed by atoms with Gasteiger partial charge in [0.25, 0.3) is 0 Å². The highest BCUT2D eigenvalue weighted by molar-refractivity contribution is 4.92. The Balaban J connectivity index is 3.09. The molecule has 0 rings (SSSR count). The molecule has 0 aromatic carbocycles. The summed E-state index contributed by atoms with van der Waals surface area (Å²) in [6.07, 6.45) is 2.06. The number of halogens is 1. The van der Waals surface area contributed by atoms with Crippen molar-refractivity contribution in [1.82, 2.24) is 10.9 Å². The molecule has 66 valence electrons. The van der Waals surface area contributed by atoms with Gasteiger partial charge in [-0.2, -0.15) is 0 Å². The van der Waals surface area contributed by atoms with Crippen LogP contribution < -0.4 is 10.9 Å². The van der Waals surface area contributed by atoms with Crippen molar-refractivity contribution in [3.63, 3.8) is 0 Å². The van der Waals surface area contributed by atoms with Crippen molar-refractivity contribution in [3.05, 3.63) is 11.6 Å². The molecule has 0 saturated carbocycles. The molecule has 3 heteroatoms. The lowest BCUT2D eigenvalue weighted by Gasteiger charge is -2.05. The Kier molecular flexibility index (Phi) is 6.07. The van der Waals surface area contributed by atoms with Crippen molar-refractivity contribution in [3.8, 4) is 0 Å². The van der Waals surface area contributed by atoms with Crippen molar-refractivity contribution >= 4 is 0 Å². The smallest absolute Gasteiger partial charge is 0.160 e. The monoisotopic (exact) mass is 160 g/mol. The van der Waals surface area contributed by atoms with Gasteiger partial charge in [-0.05, 0) is 27.2 Å². The van der Waals surface area contributed by atoms with Crippen LogP contribution in [-0.4, -0.2) is 12.8 Å². The molecule has 1 atom stereocenters. The Morgan fingerprint density at radius 3 is 2.64 bits per heavy atom. The first-order valence-electron chi connectivity index (χ1n) is 3.88. The fraction of sp³-hybridized carbons (Fsp3) is 0.750. The van der Waals surface area contributed by atoms with Crippen molar-refractivity contribution in [1.29, 1.82) is 0 Å². The average molecular weight is 160 g/mol. The minimum atomic E-state index is -0.985. The molecule has 0 aliphatic heterocycles. The van der Waals surface area contributed by atoms with E-state index in [1.54, 1.807) is 0 Å².